The van der Waals surface area contributed by atoms with Gasteiger partial charge in [-0.3, -0.25) is 18.7 Å². The predicted octanol–water partition coefficient (Wildman–Crippen LogP) is -0.169. The van der Waals surface area contributed by atoms with Crippen molar-refractivity contribution in [2.75, 3.05) is 13.1 Å². The fourth-order valence-electron chi connectivity index (χ4n) is 3.53. The molecule has 0 aliphatic carbocycles. The van der Waals surface area contributed by atoms with Crippen LogP contribution in [0.25, 0.3) is 11.2 Å². The van der Waals surface area contributed by atoms with Gasteiger partial charge in [-0.2, -0.15) is 0 Å². The van der Waals surface area contributed by atoms with Gasteiger partial charge in [0.2, 0.25) is 5.91 Å². The third kappa shape index (κ3) is 3.66. The van der Waals surface area contributed by atoms with Crippen molar-refractivity contribution < 1.29 is 4.79 Å². The van der Waals surface area contributed by atoms with Crippen molar-refractivity contribution in [3.8, 4) is 0 Å². The van der Waals surface area contributed by atoms with Gasteiger partial charge in [0, 0.05) is 46.2 Å². The molecule has 3 rings (SSSR count). The summed E-state index contributed by atoms with van der Waals surface area (Å²) in [6.07, 6.45) is 2.56. The molecule has 1 unspecified atom stereocenters. The molecule has 1 saturated heterocycles. The molecule has 1 aliphatic rings. The average Bonchev–Trinajstić information content (AvgIpc) is 3.02. The van der Waals surface area contributed by atoms with E-state index in [0.29, 0.717) is 30.8 Å². The highest BCUT2D eigenvalue weighted by molar-refractivity contribution is 5.85. The molecule has 0 aromatic carbocycles. The number of aromatic nitrogens is 4. The van der Waals surface area contributed by atoms with Crippen LogP contribution in [0.4, 0.5) is 0 Å². The Morgan fingerprint density at radius 3 is 2.59 bits per heavy atom. The Hall–Kier alpha value is -2.13. The van der Waals surface area contributed by atoms with Crippen molar-refractivity contribution in [2.45, 2.75) is 39.3 Å². The molecule has 2 aromatic heterocycles. The lowest BCUT2D eigenvalue weighted by molar-refractivity contribution is -0.134. The first kappa shape index (κ1) is 21.2. The molecule has 0 radical (unpaired) electrons. The Balaban J connectivity index is 0.00000261. The van der Waals surface area contributed by atoms with Crippen molar-refractivity contribution >= 4 is 29.5 Å². The van der Waals surface area contributed by atoms with Gasteiger partial charge in [0.15, 0.2) is 11.2 Å². The molecule has 1 atom stereocenters. The van der Waals surface area contributed by atoms with Crippen LogP contribution in [0.3, 0.4) is 0 Å². The maximum absolute atomic E-state index is 12.6. The maximum atomic E-state index is 12.6. The molecule has 150 valence electrons. The second-order valence-corrected chi connectivity index (χ2v) is 7.76. The number of carbonyl (C=O) groups excluding carboxylic acids is 1. The lowest BCUT2D eigenvalue weighted by atomic mass is 9.79. The standard InChI is InChI=1S/C17H26N6O3.ClH/c1-17(2)9-22(7-5-11(17)18)12(24)6-8-23-10-19-14-13(23)15(25)21(4)16(26)20(14)3;/h10-11H,5-9,18H2,1-4H3;1H. The van der Waals surface area contributed by atoms with Crippen LogP contribution in [0.5, 0.6) is 0 Å². The zero-order valence-electron chi connectivity index (χ0n) is 16.1. The van der Waals surface area contributed by atoms with Crippen molar-refractivity contribution in [2.24, 2.45) is 25.2 Å². The normalized spacial score (nSPS) is 19.1. The van der Waals surface area contributed by atoms with Crippen LogP contribution in [0, 0.1) is 5.41 Å². The molecule has 9 nitrogen and oxygen atoms in total. The van der Waals surface area contributed by atoms with E-state index in [2.05, 4.69) is 18.8 Å². The third-order valence-electron chi connectivity index (χ3n) is 5.45. The fraction of sp³-hybridized carbons (Fsp3) is 0.647. The van der Waals surface area contributed by atoms with Crippen LogP contribution in [-0.4, -0.2) is 48.6 Å². The summed E-state index contributed by atoms with van der Waals surface area (Å²) < 4.78 is 4.04. The maximum Gasteiger partial charge on any atom is 0.332 e. The smallest absolute Gasteiger partial charge is 0.332 e. The van der Waals surface area contributed by atoms with E-state index in [1.54, 1.807) is 11.6 Å². The molecule has 3 heterocycles. The van der Waals surface area contributed by atoms with Gasteiger partial charge in [-0.15, -0.1) is 12.4 Å². The fourth-order valence-corrected chi connectivity index (χ4v) is 3.53. The summed E-state index contributed by atoms with van der Waals surface area (Å²) in [7, 11) is 3.01. The SMILES string of the molecule is Cl.Cn1c(=O)c2c(ncn2CCC(=O)N2CCC(N)C(C)(C)C2)n(C)c1=O. The number of carbonyl (C=O) groups is 1. The number of fused-ring (bicyclic) bond motifs is 1. The number of amides is 1. The number of nitrogens with two attached hydrogens (primary N) is 1. The van der Waals surface area contributed by atoms with E-state index in [1.807, 2.05) is 4.90 Å². The topological polar surface area (TPSA) is 108 Å². The highest BCUT2D eigenvalue weighted by Gasteiger charge is 2.35. The molecule has 1 aliphatic heterocycles. The molecule has 0 saturated carbocycles. The Morgan fingerprint density at radius 2 is 1.96 bits per heavy atom. The van der Waals surface area contributed by atoms with Gasteiger partial charge in [0.25, 0.3) is 5.56 Å². The minimum Gasteiger partial charge on any atom is -0.342 e. The van der Waals surface area contributed by atoms with E-state index >= 15 is 0 Å². The monoisotopic (exact) mass is 398 g/mol. The number of hydrogen-bond donors (Lipinski definition) is 1. The van der Waals surface area contributed by atoms with Gasteiger partial charge in [0.1, 0.15) is 0 Å². The molecular formula is C17H27ClN6O3. The Bertz CT molecular complexity index is 973. The van der Waals surface area contributed by atoms with Crippen molar-refractivity contribution in [3.63, 3.8) is 0 Å². The number of aryl methyl sites for hydroxylation is 2. The van der Waals surface area contributed by atoms with Crippen molar-refractivity contribution in [3.05, 3.63) is 27.2 Å². The number of nitrogens with zero attached hydrogens (tertiary/aromatic N) is 5. The lowest BCUT2D eigenvalue weighted by Gasteiger charge is -2.42. The van der Waals surface area contributed by atoms with E-state index in [1.165, 1.54) is 17.9 Å². The molecule has 10 heteroatoms. The van der Waals surface area contributed by atoms with Gasteiger partial charge in [-0.1, -0.05) is 13.8 Å². The van der Waals surface area contributed by atoms with Crippen LogP contribution in [0.15, 0.2) is 15.9 Å². The molecule has 1 fully saturated rings. The molecule has 2 aromatic rings. The van der Waals surface area contributed by atoms with Crippen molar-refractivity contribution in [1.29, 1.82) is 0 Å². The van der Waals surface area contributed by atoms with E-state index < -0.39 is 11.2 Å². The second-order valence-electron chi connectivity index (χ2n) is 7.76. The summed E-state index contributed by atoms with van der Waals surface area (Å²) in [6, 6.07) is 0.0912. The van der Waals surface area contributed by atoms with Crippen LogP contribution in [0.1, 0.15) is 26.7 Å². The summed E-state index contributed by atoms with van der Waals surface area (Å²) in [5.74, 6) is 0.0356. The highest BCUT2D eigenvalue weighted by atomic mass is 35.5. The zero-order chi connectivity index (χ0) is 19.2. The van der Waals surface area contributed by atoms with Crippen LogP contribution in [0.2, 0.25) is 0 Å². The number of rotatable bonds is 3. The first-order valence-corrected chi connectivity index (χ1v) is 8.77. The summed E-state index contributed by atoms with van der Waals surface area (Å²) in [5.41, 5.74) is 5.86. The summed E-state index contributed by atoms with van der Waals surface area (Å²) in [4.78, 5) is 43.0. The molecule has 0 spiro atoms. The molecule has 27 heavy (non-hydrogen) atoms. The lowest BCUT2D eigenvalue weighted by Crippen LogP contribution is -2.54. The third-order valence-corrected chi connectivity index (χ3v) is 5.45. The quantitative estimate of drug-likeness (QED) is 0.772. The summed E-state index contributed by atoms with van der Waals surface area (Å²) >= 11 is 0. The largest absolute Gasteiger partial charge is 0.342 e. The molecule has 2 N–H and O–H groups in total. The molecule has 1 amide bonds. The van der Waals surface area contributed by atoms with Gasteiger partial charge >= 0.3 is 5.69 Å². The van der Waals surface area contributed by atoms with Gasteiger partial charge in [0.05, 0.1) is 6.33 Å². The minimum atomic E-state index is -0.421. The zero-order valence-corrected chi connectivity index (χ0v) is 17.0. The molecular weight excluding hydrogens is 372 g/mol. The van der Waals surface area contributed by atoms with Crippen LogP contribution in [-0.2, 0) is 25.4 Å². The Labute approximate surface area is 163 Å². The Kier molecular flexibility index (Phi) is 5.86. The first-order valence-electron chi connectivity index (χ1n) is 8.77. The van der Waals surface area contributed by atoms with Gasteiger partial charge < -0.3 is 15.2 Å². The van der Waals surface area contributed by atoms with Crippen LogP contribution < -0.4 is 17.0 Å². The van der Waals surface area contributed by atoms with E-state index in [9.17, 15) is 14.4 Å². The van der Waals surface area contributed by atoms with Crippen molar-refractivity contribution in [1.82, 2.24) is 23.6 Å². The minimum absolute atomic E-state index is 0. The number of likely N-dealkylation sites (tertiary alicyclic amines) is 1. The predicted molar refractivity (Wildman–Crippen MR) is 105 cm³/mol. The van der Waals surface area contributed by atoms with E-state index in [0.717, 1.165) is 11.0 Å². The number of hydrogen-bond acceptors (Lipinski definition) is 5. The highest BCUT2D eigenvalue weighted by Crippen LogP contribution is 2.28. The van der Waals surface area contributed by atoms with Gasteiger partial charge in [-0.05, 0) is 11.8 Å². The molecule has 0 bridgehead atoms. The number of piperidine rings is 1. The van der Waals surface area contributed by atoms with Gasteiger partial charge in [-0.25, -0.2) is 9.78 Å². The average molecular weight is 399 g/mol. The number of imidazole rings is 1. The van der Waals surface area contributed by atoms with E-state index in [-0.39, 0.29) is 36.2 Å². The summed E-state index contributed by atoms with van der Waals surface area (Å²) in [5, 5.41) is 0. The Morgan fingerprint density at radius 1 is 1.30 bits per heavy atom. The number of halogens is 1. The van der Waals surface area contributed by atoms with Crippen LogP contribution >= 0.6 is 12.4 Å². The second kappa shape index (κ2) is 7.47. The van der Waals surface area contributed by atoms with E-state index in [4.69, 9.17) is 5.73 Å². The summed E-state index contributed by atoms with van der Waals surface area (Å²) in [6.45, 7) is 5.78. The first-order chi connectivity index (χ1) is 12.1.